The molecule has 0 aliphatic rings. The number of carbonyl (C=O) groups excluding carboxylic acids is 1. The SMILES string of the molecule is [C-]#[N+]C(N=Nc1ccc(I)c(C)c1)C(N)=O. The topological polar surface area (TPSA) is 72.2 Å². The normalized spacial score (nSPS) is 12.3. The van der Waals surface area contributed by atoms with Crippen LogP contribution in [0.25, 0.3) is 4.85 Å². The van der Waals surface area contributed by atoms with Crippen LogP contribution in [0.15, 0.2) is 28.4 Å². The van der Waals surface area contributed by atoms with Crippen molar-refractivity contribution in [1.29, 1.82) is 0 Å². The molecule has 6 heteroatoms. The molecule has 0 saturated carbocycles. The summed E-state index contributed by atoms with van der Waals surface area (Å²) in [6, 6.07) is 5.48. The summed E-state index contributed by atoms with van der Waals surface area (Å²) in [5, 5.41) is 7.38. The van der Waals surface area contributed by atoms with Crippen molar-refractivity contribution in [3.63, 3.8) is 0 Å². The summed E-state index contributed by atoms with van der Waals surface area (Å²) in [6.45, 7) is 8.65. The average molecular weight is 328 g/mol. The summed E-state index contributed by atoms with van der Waals surface area (Å²) >= 11 is 2.21. The van der Waals surface area contributed by atoms with E-state index in [2.05, 4.69) is 37.7 Å². The Balaban J connectivity index is 2.88. The standard InChI is InChI=1S/C10H9IN4O/c1-6-5-7(3-4-8(6)11)14-15-10(13-2)9(12)16/h3-5,10H,1H3,(H2,12,16). The quantitative estimate of drug-likeness (QED) is 0.517. The molecule has 0 fully saturated rings. The van der Waals surface area contributed by atoms with Crippen molar-refractivity contribution in [2.75, 3.05) is 0 Å². The van der Waals surface area contributed by atoms with Gasteiger partial charge in [0.25, 0.3) is 0 Å². The molecule has 1 aromatic rings. The maximum Gasteiger partial charge on any atom is 0.409 e. The first-order chi connectivity index (χ1) is 7.54. The number of nitrogens with two attached hydrogens (primary N) is 1. The van der Waals surface area contributed by atoms with Crippen LogP contribution in [-0.2, 0) is 4.79 Å². The Kier molecular flexibility index (Phi) is 4.37. The Labute approximate surface area is 107 Å². The fourth-order valence-electron chi connectivity index (χ4n) is 0.959. The Morgan fingerprint density at radius 2 is 2.31 bits per heavy atom. The van der Waals surface area contributed by atoms with Gasteiger partial charge in [-0.1, -0.05) is 5.11 Å². The lowest BCUT2D eigenvalue weighted by atomic mass is 10.2. The van der Waals surface area contributed by atoms with Crippen LogP contribution >= 0.6 is 22.6 Å². The molecule has 1 rings (SSSR count). The minimum absolute atomic E-state index is 0.604. The number of amides is 1. The van der Waals surface area contributed by atoms with E-state index in [0.29, 0.717) is 5.69 Å². The monoisotopic (exact) mass is 328 g/mol. The molecule has 0 bridgehead atoms. The Bertz CT molecular complexity index is 478. The van der Waals surface area contributed by atoms with Crippen LogP contribution in [0.3, 0.4) is 0 Å². The zero-order valence-electron chi connectivity index (χ0n) is 8.51. The molecule has 0 radical (unpaired) electrons. The van der Waals surface area contributed by atoms with Crippen LogP contribution in [0, 0.1) is 17.1 Å². The van der Waals surface area contributed by atoms with Gasteiger partial charge in [-0.05, 0) is 53.3 Å². The number of carbonyl (C=O) groups is 1. The Hall–Kier alpha value is -1.49. The molecule has 5 nitrogen and oxygen atoms in total. The first-order valence-corrected chi connectivity index (χ1v) is 5.45. The maximum absolute atomic E-state index is 10.7. The number of nitrogens with zero attached hydrogens (tertiary/aromatic N) is 3. The van der Waals surface area contributed by atoms with E-state index in [-0.39, 0.29) is 0 Å². The number of benzene rings is 1. The number of primary amides is 1. The molecule has 0 aliphatic carbocycles. The summed E-state index contributed by atoms with van der Waals surface area (Å²) in [6.07, 6.45) is -1.24. The van der Waals surface area contributed by atoms with Crippen molar-refractivity contribution in [2.24, 2.45) is 16.0 Å². The highest BCUT2D eigenvalue weighted by Gasteiger charge is 2.17. The molecule has 1 unspecified atom stereocenters. The minimum Gasteiger partial charge on any atom is -0.361 e. The largest absolute Gasteiger partial charge is 0.409 e. The third kappa shape index (κ3) is 3.27. The van der Waals surface area contributed by atoms with Gasteiger partial charge in [-0.25, -0.2) is 6.57 Å². The first-order valence-electron chi connectivity index (χ1n) is 4.37. The predicted molar refractivity (Wildman–Crippen MR) is 68.0 cm³/mol. The van der Waals surface area contributed by atoms with Crippen LogP contribution in [-0.4, -0.2) is 12.1 Å². The molecular formula is C10H9IN4O. The maximum atomic E-state index is 10.7. The summed E-state index contributed by atoms with van der Waals surface area (Å²) in [7, 11) is 0. The molecule has 0 heterocycles. The average Bonchev–Trinajstić information content (AvgIpc) is 2.23. The van der Waals surface area contributed by atoms with Gasteiger partial charge >= 0.3 is 12.1 Å². The molecule has 2 N–H and O–H groups in total. The van der Waals surface area contributed by atoms with Gasteiger partial charge in [-0.3, -0.25) is 9.64 Å². The highest BCUT2D eigenvalue weighted by Crippen LogP contribution is 2.19. The van der Waals surface area contributed by atoms with E-state index in [1.165, 1.54) is 0 Å². The number of hydrogen-bond donors (Lipinski definition) is 1. The molecule has 1 aromatic carbocycles. The highest BCUT2D eigenvalue weighted by atomic mass is 127. The molecule has 82 valence electrons. The van der Waals surface area contributed by atoms with E-state index in [4.69, 9.17) is 12.3 Å². The fourth-order valence-corrected chi connectivity index (χ4v) is 1.29. The summed E-state index contributed by atoms with van der Waals surface area (Å²) in [5.41, 5.74) is 6.63. The number of hydrogen-bond acceptors (Lipinski definition) is 3. The van der Waals surface area contributed by atoms with Crippen LogP contribution in [0.1, 0.15) is 5.56 Å². The molecule has 1 amide bonds. The number of aryl methyl sites for hydroxylation is 1. The zero-order valence-corrected chi connectivity index (χ0v) is 10.7. The van der Waals surface area contributed by atoms with E-state index < -0.39 is 12.1 Å². The van der Waals surface area contributed by atoms with Crippen molar-refractivity contribution < 1.29 is 4.79 Å². The third-order valence-corrected chi connectivity index (χ3v) is 3.01. The zero-order chi connectivity index (χ0) is 12.1. The van der Waals surface area contributed by atoms with Gasteiger partial charge in [0.05, 0.1) is 5.69 Å². The van der Waals surface area contributed by atoms with Crippen LogP contribution in [0.5, 0.6) is 0 Å². The second-order valence-electron chi connectivity index (χ2n) is 3.05. The molecule has 0 aromatic heterocycles. The van der Waals surface area contributed by atoms with Gasteiger partial charge in [-0.2, -0.15) is 0 Å². The fraction of sp³-hybridized carbons (Fsp3) is 0.200. The number of halogens is 1. The van der Waals surface area contributed by atoms with Crippen molar-refractivity contribution >= 4 is 34.2 Å². The Morgan fingerprint density at radius 3 is 2.81 bits per heavy atom. The molecule has 0 saturated heterocycles. The molecule has 0 aliphatic heterocycles. The summed E-state index contributed by atoms with van der Waals surface area (Å²) in [5.74, 6) is -0.791. The van der Waals surface area contributed by atoms with Gasteiger partial charge in [0.1, 0.15) is 0 Å². The van der Waals surface area contributed by atoms with Crippen LogP contribution in [0.2, 0.25) is 0 Å². The molecule has 1 atom stereocenters. The molecule has 16 heavy (non-hydrogen) atoms. The highest BCUT2D eigenvalue weighted by molar-refractivity contribution is 14.1. The van der Waals surface area contributed by atoms with Gasteiger partial charge in [0, 0.05) is 3.57 Å². The number of rotatable bonds is 3. The minimum atomic E-state index is -1.24. The van der Waals surface area contributed by atoms with E-state index in [0.717, 1.165) is 9.13 Å². The smallest absolute Gasteiger partial charge is 0.361 e. The predicted octanol–water partition coefficient (Wildman–Crippen LogP) is 2.41. The van der Waals surface area contributed by atoms with Crippen LogP contribution < -0.4 is 5.73 Å². The van der Waals surface area contributed by atoms with E-state index >= 15 is 0 Å². The lowest BCUT2D eigenvalue weighted by Crippen LogP contribution is -2.23. The lowest BCUT2D eigenvalue weighted by molar-refractivity contribution is -0.118. The second-order valence-corrected chi connectivity index (χ2v) is 4.22. The van der Waals surface area contributed by atoms with Crippen LogP contribution in [0.4, 0.5) is 5.69 Å². The number of azo groups is 1. The second kappa shape index (κ2) is 5.55. The third-order valence-electron chi connectivity index (χ3n) is 1.80. The molecule has 0 spiro atoms. The van der Waals surface area contributed by atoms with Gasteiger partial charge < -0.3 is 5.73 Å². The summed E-state index contributed by atoms with van der Waals surface area (Å²) in [4.78, 5) is 13.7. The van der Waals surface area contributed by atoms with E-state index in [9.17, 15) is 4.79 Å². The van der Waals surface area contributed by atoms with Crippen molar-refractivity contribution in [2.45, 2.75) is 13.1 Å². The molecular weight excluding hydrogens is 319 g/mol. The van der Waals surface area contributed by atoms with Crippen molar-refractivity contribution in [3.8, 4) is 0 Å². The van der Waals surface area contributed by atoms with Gasteiger partial charge in [0.2, 0.25) is 0 Å². The summed E-state index contributed by atoms with van der Waals surface area (Å²) < 4.78 is 1.12. The van der Waals surface area contributed by atoms with Gasteiger partial charge in [-0.15, -0.1) is 5.11 Å². The van der Waals surface area contributed by atoms with Crippen molar-refractivity contribution in [1.82, 2.24) is 0 Å². The first kappa shape index (κ1) is 12.6. The van der Waals surface area contributed by atoms with E-state index in [1.54, 1.807) is 6.07 Å². The van der Waals surface area contributed by atoms with Crippen molar-refractivity contribution in [3.05, 3.63) is 38.7 Å². The van der Waals surface area contributed by atoms with Gasteiger partial charge in [0.15, 0.2) is 0 Å². The lowest BCUT2D eigenvalue weighted by Gasteiger charge is -1.98. The van der Waals surface area contributed by atoms with E-state index in [1.807, 2.05) is 19.1 Å². The Morgan fingerprint density at radius 1 is 1.62 bits per heavy atom.